The first kappa shape index (κ1) is 34.0. The molecule has 2 aliphatic rings. The highest BCUT2D eigenvalue weighted by Crippen LogP contribution is 2.43. The zero-order valence-electron chi connectivity index (χ0n) is 25.8. The minimum Gasteiger partial charge on any atom is -0.480 e. The lowest BCUT2D eigenvalue weighted by Gasteiger charge is -2.39. The summed E-state index contributed by atoms with van der Waals surface area (Å²) in [7, 11) is 0. The van der Waals surface area contributed by atoms with E-state index in [1.54, 1.807) is 6.92 Å². The van der Waals surface area contributed by atoms with Crippen molar-refractivity contribution in [1.29, 1.82) is 0 Å². The van der Waals surface area contributed by atoms with Gasteiger partial charge in [0.2, 0.25) is 17.9 Å². The SMILES string of the molecule is Cc1ccn(-c2cc(-c3ccc(F)c(C(F)(F)F)c3)ccc2[C@@H](Oc2cc(N3CCC4(CC3)CNC(C(=O)O)C4)nc(N)n2)C(F)(F)F)n1. The van der Waals surface area contributed by atoms with Gasteiger partial charge in [-0.25, -0.2) is 9.07 Å². The number of carboxylic acid groups (broad SMARTS) is 1. The van der Waals surface area contributed by atoms with E-state index in [2.05, 4.69) is 20.4 Å². The fraction of sp³-hybridized carbons (Fsp3) is 0.375. The van der Waals surface area contributed by atoms with Crippen LogP contribution in [0.2, 0.25) is 0 Å². The van der Waals surface area contributed by atoms with Gasteiger partial charge in [-0.3, -0.25) is 4.79 Å². The minimum atomic E-state index is -5.02. The second-order valence-electron chi connectivity index (χ2n) is 12.3. The van der Waals surface area contributed by atoms with Gasteiger partial charge in [-0.2, -0.15) is 41.4 Å². The maximum Gasteiger partial charge on any atom is 0.429 e. The fourth-order valence-corrected chi connectivity index (χ4v) is 6.38. The van der Waals surface area contributed by atoms with Crippen LogP contribution in [-0.4, -0.2) is 62.7 Å². The number of benzene rings is 2. The summed E-state index contributed by atoms with van der Waals surface area (Å²) in [5.74, 6) is -2.99. The Morgan fingerprint density at radius 3 is 2.35 bits per heavy atom. The molecule has 2 aromatic heterocycles. The van der Waals surface area contributed by atoms with E-state index in [1.165, 1.54) is 30.5 Å². The molecule has 2 atom stereocenters. The van der Waals surface area contributed by atoms with Gasteiger partial charge in [-0.15, -0.1) is 0 Å². The second kappa shape index (κ2) is 12.5. The van der Waals surface area contributed by atoms with Gasteiger partial charge in [-0.1, -0.05) is 18.2 Å². The Bertz CT molecular complexity index is 1870. The third kappa shape index (κ3) is 7.11. The number of nitrogens with two attached hydrogens (primary N) is 1. The number of ether oxygens (including phenoxy) is 1. The highest BCUT2D eigenvalue weighted by molar-refractivity contribution is 5.74. The van der Waals surface area contributed by atoms with E-state index in [9.17, 15) is 40.6 Å². The van der Waals surface area contributed by atoms with E-state index in [1.807, 2.05) is 4.90 Å². The summed E-state index contributed by atoms with van der Waals surface area (Å²) in [6.45, 7) is 3.02. The molecule has 10 nitrogen and oxygen atoms in total. The number of hydrogen-bond acceptors (Lipinski definition) is 8. The van der Waals surface area contributed by atoms with Crippen molar-refractivity contribution in [3.05, 3.63) is 77.4 Å². The molecule has 2 fully saturated rings. The molecule has 17 heteroatoms. The van der Waals surface area contributed by atoms with Crippen LogP contribution in [0.4, 0.5) is 42.5 Å². The van der Waals surface area contributed by atoms with Gasteiger partial charge in [-0.05, 0) is 67.0 Å². The summed E-state index contributed by atoms with van der Waals surface area (Å²) in [5, 5.41) is 16.6. The molecule has 2 aromatic carbocycles. The van der Waals surface area contributed by atoms with Crippen LogP contribution in [0.25, 0.3) is 16.8 Å². The van der Waals surface area contributed by atoms with Crippen molar-refractivity contribution in [3.63, 3.8) is 0 Å². The van der Waals surface area contributed by atoms with E-state index in [4.69, 9.17) is 10.5 Å². The molecule has 6 rings (SSSR count). The molecule has 2 aliphatic heterocycles. The van der Waals surface area contributed by atoms with Crippen molar-refractivity contribution in [2.45, 2.75) is 50.7 Å². The lowest BCUT2D eigenvalue weighted by atomic mass is 9.76. The van der Waals surface area contributed by atoms with E-state index in [-0.39, 0.29) is 34.0 Å². The van der Waals surface area contributed by atoms with E-state index < -0.39 is 53.3 Å². The molecule has 260 valence electrons. The first-order chi connectivity index (χ1) is 23.0. The van der Waals surface area contributed by atoms with Crippen LogP contribution in [0.1, 0.15) is 42.2 Å². The van der Waals surface area contributed by atoms with E-state index >= 15 is 0 Å². The summed E-state index contributed by atoms with van der Waals surface area (Å²) < 4.78 is 105. The Morgan fingerprint density at radius 2 is 1.73 bits per heavy atom. The normalized spacial score (nSPS) is 18.5. The molecular formula is C32H30F7N7O3. The van der Waals surface area contributed by atoms with Crippen molar-refractivity contribution in [2.75, 3.05) is 30.3 Å². The third-order valence-corrected chi connectivity index (χ3v) is 8.94. The van der Waals surface area contributed by atoms with Gasteiger partial charge >= 0.3 is 18.3 Å². The number of alkyl halides is 6. The molecule has 0 saturated carbocycles. The number of halogens is 7. The number of aryl methyl sites for hydroxylation is 1. The van der Waals surface area contributed by atoms with Crippen LogP contribution in [0.5, 0.6) is 5.88 Å². The van der Waals surface area contributed by atoms with Crippen molar-refractivity contribution in [1.82, 2.24) is 25.1 Å². The van der Waals surface area contributed by atoms with Crippen LogP contribution in [0.3, 0.4) is 0 Å². The van der Waals surface area contributed by atoms with Crippen molar-refractivity contribution in [3.8, 4) is 22.7 Å². The Balaban J connectivity index is 1.33. The number of carboxylic acids is 1. The molecule has 0 amide bonds. The van der Waals surface area contributed by atoms with Gasteiger partial charge in [0.1, 0.15) is 17.7 Å². The van der Waals surface area contributed by atoms with Crippen molar-refractivity contribution in [2.24, 2.45) is 5.41 Å². The quantitative estimate of drug-likeness (QED) is 0.197. The average molecular weight is 694 g/mol. The largest absolute Gasteiger partial charge is 0.480 e. The number of anilines is 2. The number of rotatable bonds is 7. The molecule has 2 saturated heterocycles. The molecular weight excluding hydrogens is 663 g/mol. The van der Waals surface area contributed by atoms with Gasteiger partial charge in [0, 0.05) is 37.5 Å². The number of nitrogens with zero attached hydrogens (tertiary/aromatic N) is 5. The molecule has 0 aliphatic carbocycles. The Labute approximate surface area is 274 Å². The number of aromatic nitrogens is 4. The predicted molar refractivity (Wildman–Crippen MR) is 162 cm³/mol. The summed E-state index contributed by atoms with van der Waals surface area (Å²) in [6.07, 6.45) is -9.57. The molecule has 4 aromatic rings. The van der Waals surface area contributed by atoms with Crippen molar-refractivity contribution >= 4 is 17.7 Å². The average Bonchev–Trinajstić information content (AvgIpc) is 3.65. The number of carbonyl (C=O) groups is 1. The maximum atomic E-state index is 14.8. The fourth-order valence-electron chi connectivity index (χ4n) is 6.38. The molecule has 4 heterocycles. The van der Waals surface area contributed by atoms with Crippen LogP contribution in [0.15, 0.2) is 54.7 Å². The highest BCUT2D eigenvalue weighted by Gasteiger charge is 2.46. The second-order valence-corrected chi connectivity index (χ2v) is 12.3. The third-order valence-electron chi connectivity index (χ3n) is 8.94. The Morgan fingerprint density at radius 1 is 1.04 bits per heavy atom. The van der Waals surface area contributed by atoms with Crippen LogP contribution < -0.4 is 20.7 Å². The zero-order valence-corrected chi connectivity index (χ0v) is 25.8. The standard InChI is InChI=1S/C32H30F7N7O3/c1-17-6-9-46(44-17)24-13-19(18-3-5-22(33)21(12-18)31(34,35)36)2-4-20(24)27(32(37,38)39)49-26-14-25(42-29(40)43-26)45-10-7-30(8-11-45)15-23(28(47)48)41-16-30/h2-6,9,12-14,23,27,41H,7-8,10-11,15-16H2,1H3,(H,47,48)(H2,40,42,43)/t23?,27-/m1/s1. The first-order valence-corrected chi connectivity index (χ1v) is 15.1. The van der Waals surface area contributed by atoms with Crippen molar-refractivity contribution < 1.29 is 45.4 Å². The first-order valence-electron chi connectivity index (χ1n) is 15.1. The number of hydrogen-bond donors (Lipinski definition) is 3. The molecule has 49 heavy (non-hydrogen) atoms. The minimum absolute atomic E-state index is 0.0712. The van der Waals surface area contributed by atoms with Crippen LogP contribution >= 0.6 is 0 Å². The van der Waals surface area contributed by atoms with E-state index in [0.717, 1.165) is 16.8 Å². The zero-order chi connectivity index (χ0) is 35.3. The van der Waals surface area contributed by atoms with E-state index in [0.29, 0.717) is 56.7 Å². The maximum absolute atomic E-state index is 14.8. The Hall–Kier alpha value is -4.93. The molecule has 0 bridgehead atoms. The number of aliphatic carboxylic acids is 1. The van der Waals surface area contributed by atoms with Gasteiger partial charge in [0.05, 0.1) is 16.9 Å². The lowest BCUT2D eigenvalue weighted by molar-refractivity contribution is -0.198. The highest BCUT2D eigenvalue weighted by atomic mass is 19.4. The smallest absolute Gasteiger partial charge is 0.429 e. The monoisotopic (exact) mass is 693 g/mol. The molecule has 4 N–H and O–H groups in total. The van der Waals surface area contributed by atoms with Crippen LogP contribution in [0, 0.1) is 18.2 Å². The summed E-state index contributed by atoms with van der Waals surface area (Å²) in [5.41, 5.74) is 4.01. The summed E-state index contributed by atoms with van der Waals surface area (Å²) >= 11 is 0. The topological polar surface area (TPSA) is 131 Å². The van der Waals surface area contributed by atoms with Gasteiger partial charge in [0.15, 0.2) is 0 Å². The molecule has 1 spiro atoms. The number of piperidine rings is 1. The van der Waals surface area contributed by atoms with Crippen LogP contribution in [-0.2, 0) is 11.0 Å². The lowest BCUT2D eigenvalue weighted by Crippen LogP contribution is -2.41. The van der Waals surface area contributed by atoms with Gasteiger partial charge in [0.25, 0.3) is 0 Å². The number of nitrogen functional groups attached to an aromatic ring is 1. The summed E-state index contributed by atoms with van der Waals surface area (Å²) in [4.78, 5) is 21.4. The van der Waals surface area contributed by atoms with Gasteiger partial charge < -0.3 is 25.8 Å². The Kier molecular flexibility index (Phi) is 8.67. The number of nitrogens with one attached hydrogen (secondary N) is 1. The molecule has 0 radical (unpaired) electrons. The molecule has 1 unspecified atom stereocenters. The predicted octanol–water partition coefficient (Wildman–Crippen LogP) is 6.09. The summed E-state index contributed by atoms with van der Waals surface area (Å²) in [6, 6.07) is 7.91.